The van der Waals surface area contributed by atoms with E-state index in [0.717, 1.165) is 34.9 Å². The zero-order valence-electron chi connectivity index (χ0n) is 15.7. The van der Waals surface area contributed by atoms with Crippen LogP contribution in [0.2, 0.25) is 5.02 Å². The third-order valence-corrected chi connectivity index (χ3v) is 6.06. The Morgan fingerprint density at radius 1 is 1.19 bits per heavy atom. The maximum Gasteiger partial charge on any atom is 0.0520 e. The van der Waals surface area contributed by atoms with Gasteiger partial charge in [0.15, 0.2) is 0 Å². The van der Waals surface area contributed by atoms with Gasteiger partial charge in [0.1, 0.15) is 0 Å². The molecule has 1 aliphatic carbocycles. The van der Waals surface area contributed by atoms with Crippen LogP contribution >= 0.6 is 23.2 Å². The minimum Gasteiger partial charge on any atom is -0.324 e. The van der Waals surface area contributed by atoms with E-state index in [-0.39, 0.29) is 0 Å². The van der Waals surface area contributed by atoms with Crippen molar-refractivity contribution in [3.05, 3.63) is 99.0 Å². The Morgan fingerprint density at radius 3 is 2.81 bits per heavy atom. The Morgan fingerprint density at radius 2 is 2.04 bits per heavy atom. The molecule has 3 heteroatoms. The highest BCUT2D eigenvalue weighted by Gasteiger charge is 2.26. The molecule has 3 aliphatic rings. The van der Waals surface area contributed by atoms with Crippen LogP contribution in [0, 0.1) is 5.92 Å². The van der Waals surface area contributed by atoms with E-state index in [4.69, 9.17) is 23.2 Å². The second kappa shape index (κ2) is 7.58. The molecule has 0 saturated heterocycles. The number of hydrogen-bond acceptors (Lipinski definition) is 1. The molecule has 1 nitrogen and oxygen atoms in total. The van der Waals surface area contributed by atoms with Crippen LogP contribution in [0.1, 0.15) is 38.7 Å². The molecule has 138 valence electrons. The molecule has 0 bridgehead atoms. The van der Waals surface area contributed by atoms with E-state index in [1.165, 1.54) is 28.0 Å². The number of halogens is 2. The molecule has 1 aromatic carbocycles. The molecule has 1 unspecified atom stereocenters. The highest BCUT2D eigenvalue weighted by atomic mass is 35.5. The molecule has 0 radical (unpaired) electrons. The summed E-state index contributed by atoms with van der Waals surface area (Å²) in [7, 11) is 0. The highest BCUT2D eigenvalue weighted by molar-refractivity contribution is 6.33. The predicted octanol–water partition coefficient (Wildman–Crippen LogP) is 7.59. The smallest absolute Gasteiger partial charge is 0.0520 e. The van der Waals surface area contributed by atoms with Crippen molar-refractivity contribution in [3.8, 4) is 0 Å². The number of allylic oxidation sites excluding steroid dienone is 9. The van der Waals surface area contributed by atoms with Gasteiger partial charge in [-0.3, -0.25) is 0 Å². The normalized spacial score (nSPS) is 22.1. The minimum atomic E-state index is 0.462. The summed E-state index contributed by atoms with van der Waals surface area (Å²) in [4.78, 5) is 2.19. The van der Waals surface area contributed by atoms with Crippen LogP contribution in [-0.2, 0) is 0 Å². The molecular weight excluding hydrogens is 373 g/mol. The van der Waals surface area contributed by atoms with Crippen LogP contribution in [0.4, 0.5) is 0 Å². The third kappa shape index (κ3) is 3.47. The standard InChI is InChI=1S/C24H23Cl2N/c1-3-17-8-5-11-20(24(17)18-9-4-10-19(25)13-18)21-15-27-12-6-7-16(2)23(27)14-22(21)26/h4-6,9-15,17H,3,7-8H2,1-2H3. The number of nitrogens with zero attached hydrogens (tertiary/aromatic N) is 1. The fourth-order valence-corrected chi connectivity index (χ4v) is 4.53. The summed E-state index contributed by atoms with van der Waals surface area (Å²) in [5, 5.41) is 1.56. The summed E-state index contributed by atoms with van der Waals surface area (Å²) < 4.78 is 0. The van der Waals surface area contributed by atoms with Gasteiger partial charge in [0, 0.05) is 28.7 Å². The molecule has 2 aliphatic heterocycles. The van der Waals surface area contributed by atoms with Gasteiger partial charge < -0.3 is 4.90 Å². The topological polar surface area (TPSA) is 3.24 Å². The first kappa shape index (κ1) is 18.4. The van der Waals surface area contributed by atoms with Crippen LogP contribution in [0.3, 0.4) is 0 Å². The van der Waals surface area contributed by atoms with Gasteiger partial charge in [0.2, 0.25) is 0 Å². The largest absolute Gasteiger partial charge is 0.324 e. The molecule has 1 atom stereocenters. The predicted molar refractivity (Wildman–Crippen MR) is 116 cm³/mol. The van der Waals surface area contributed by atoms with Crippen molar-refractivity contribution in [1.82, 2.24) is 4.90 Å². The molecule has 0 saturated carbocycles. The van der Waals surface area contributed by atoms with E-state index in [1.54, 1.807) is 0 Å². The van der Waals surface area contributed by atoms with Crippen molar-refractivity contribution in [3.63, 3.8) is 0 Å². The summed E-state index contributed by atoms with van der Waals surface area (Å²) in [6, 6.07) is 8.17. The van der Waals surface area contributed by atoms with Crippen molar-refractivity contribution < 1.29 is 0 Å². The van der Waals surface area contributed by atoms with Crippen molar-refractivity contribution in [1.29, 1.82) is 0 Å². The van der Waals surface area contributed by atoms with Crippen LogP contribution < -0.4 is 0 Å². The van der Waals surface area contributed by atoms with E-state index < -0.39 is 0 Å². The summed E-state index contributed by atoms with van der Waals surface area (Å²) in [5.74, 6) is 0.462. The van der Waals surface area contributed by atoms with Gasteiger partial charge in [-0.1, -0.05) is 60.5 Å². The van der Waals surface area contributed by atoms with Gasteiger partial charge in [-0.2, -0.15) is 0 Å². The van der Waals surface area contributed by atoms with Crippen molar-refractivity contribution in [2.45, 2.75) is 33.1 Å². The molecule has 0 fully saturated rings. The quantitative estimate of drug-likeness (QED) is 0.509. The number of rotatable bonds is 3. The van der Waals surface area contributed by atoms with Crippen LogP contribution in [0.25, 0.3) is 5.57 Å². The van der Waals surface area contributed by atoms with E-state index in [2.05, 4.69) is 67.6 Å². The molecule has 0 amide bonds. The molecular formula is C24H23Cl2N. The van der Waals surface area contributed by atoms with E-state index in [1.807, 2.05) is 12.1 Å². The SMILES string of the molecule is CCC1CC=CC(C2=CN3C=CCC(C)=C3C=C2Cl)=C1c1cccc(Cl)c1. The lowest BCUT2D eigenvalue weighted by Gasteiger charge is -2.32. The Kier molecular flexibility index (Phi) is 5.16. The Bertz CT molecular complexity index is 956. The molecule has 0 N–H and O–H groups in total. The first-order valence-corrected chi connectivity index (χ1v) is 10.2. The Balaban J connectivity index is 1.89. The summed E-state index contributed by atoms with van der Waals surface area (Å²) >= 11 is 13.1. The maximum absolute atomic E-state index is 6.79. The van der Waals surface area contributed by atoms with Gasteiger partial charge in [0.25, 0.3) is 0 Å². The fourth-order valence-electron chi connectivity index (χ4n) is 4.09. The van der Waals surface area contributed by atoms with Crippen molar-refractivity contribution in [2.24, 2.45) is 5.92 Å². The zero-order chi connectivity index (χ0) is 19.0. The third-order valence-electron chi connectivity index (χ3n) is 5.52. The molecule has 4 rings (SSSR count). The summed E-state index contributed by atoms with van der Waals surface area (Å²) in [5.41, 5.74) is 7.32. The van der Waals surface area contributed by atoms with Gasteiger partial charge in [-0.15, -0.1) is 0 Å². The number of benzene rings is 1. The molecule has 2 heterocycles. The first-order valence-electron chi connectivity index (χ1n) is 9.49. The van der Waals surface area contributed by atoms with Crippen LogP contribution in [0.5, 0.6) is 0 Å². The fraction of sp³-hybridized carbons (Fsp3) is 0.250. The van der Waals surface area contributed by atoms with Crippen molar-refractivity contribution >= 4 is 28.8 Å². The number of hydrogen-bond donors (Lipinski definition) is 0. The van der Waals surface area contributed by atoms with Gasteiger partial charge in [-0.05, 0) is 72.6 Å². The lowest BCUT2D eigenvalue weighted by Crippen LogP contribution is -2.19. The second-order valence-electron chi connectivity index (χ2n) is 7.28. The van der Waals surface area contributed by atoms with Crippen molar-refractivity contribution in [2.75, 3.05) is 0 Å². The lowest BCUT2D eigenvalue weighted by atomic mass is 9.79. The Labute approximate surface area is 171 Å². The average Bonchev–Trinajstić information content (AvgIpc) is 2.67. The van der Waals surface area contributed by atoms with Gasteiger partial charge in [0.05, 0.1) is 5.03 Å². The molecule has 1 aromatic rings. The molecule has 0 spiro atoms. The maximum atomic E-state index is 6.79. The second-order valence-corrected chi connectivity index (χ2v) is 8.12. The number of fused-ring (bicyclic) bond motifs is 1. The summed E-state index contributed by atoms with van der Waals surface area (Å²) in [6.07, 6.45) is 16.2. The van der Waals surface area contributed by atoms with Crippen LogP contribution in [0.15, 0.2) is 88.4 Å². The van der Waals surface area contributed by atoms with E-state index >= 15 is 0 Å². The van der Waals surface area contributed by atoms with E-state index in [9.17, 15) is 0 Å². The minimum absolute atomic E-state index is 0.462. The monoisotopic (exact) mass is 395 g/mol. The Hall–Kier alpha value is -1.96. The van der Waals surface area contributed by atoms with E-state index in [0.29, 0.717) is 5.92 Å². The molecule has 0 aromatic heterocycles. The summed E-state index contributed by atoms with van der Waals surface area (Å²) in [6.45, 7) is 4.41. The molecule has 27 heavy (non-hydrogen) atoms. The highest BCUT2D eigenvalue weighted by Crippen LogP contribution is 2.43. The lowest BCUT2D eigenvalue weighted by molar-refractivity contribution is 0.610. The average molecular weight is 396 g/mol. The van der Waals surface area contributed by atoms with Gasteiger partial charge in [-0.25, -0.2) is 0 Å². The zero-order valence-corrected chi connectivity index (χ0v) is 17.2. The van der Waals surface area contributed by atoms with Crippen LogP contribution in [-0.4, -0.2) is 4.90 Å². The first-order chi connectivity index (χ1) is 13.1. The van der Waals surface area contributed by atoms with Gasteiger partial charge >= 0.3 is 0 Å².